The zero-order chi connectivity index (χ0) is 14.5. The fourth-order valence-electron chi connectivity index (χ4n) is 2.08. The van der Waals surface area contributed by atoms with Crippen LogP contribution in [0.4, 0.5) is 5.69 Å². The van der Waals surface area contributed by atoms with E-state index in [0.717, 1.165) is 4.90 Å². The van der Waals surface area contributed by atoms with Gasteiger partial charge < -0.3 is 10.4 Å². The Morgan fingerprint density at radius 2 is 1.85 bits per heavy atom. The maximum absolute atomic E-state index is 11.8. The van der Waals surface area contributed by atoms with Gasteiger partial charge in [0.25, 0.3) is 0 Å². The third-order valence-corrected chi connectivity index (χ3v) is 3.18. The van der Waals surface area contributed by atoms with Gasteiger partial charge in [-0.25, -0.2) is 0 Å². The van der Waals surface area contributed by atoms with Crippen molar-refractivity contribution < 1.29 is 19.5 Å². The second-order valence-electron chi connectivity index (χ2n) is 4.55. The number of carbonyl (C=O) groups excluding carboxylic acids is 3. The van der Waals surface area contributed by atoms with Crippen LogP contribution in [0.15, 0.2) is 24.3 Å². The van der Waals surface area contributed by atoms with Gasteiger partial charge >= 0.3 is 0 Å². The van der Waals surface area contributed by atoms with Crippen molar-refractivity contribution in [2.75, 3.05) is 11.9 Å². The summed E-state index contributed by atoms with van der Waals surface area (Å²) in [5.41, 5.74) is 1.16. The highest BCUT2D eigenvalue weighted by Crippen LogP contribution is 2.16. The molecular formula is C14H16N2O4. The molecule has 0 bridgehead atoms. The van der Waals surface area contributed by atoms with Crippen LogP contribution in [0.25, 0.3) is 0 Å². The lowest BCUT2D eigenvalue weighted by Crippen LogP contribution is -2.32. The Balaban J connectivity index is 1.89. The first-order valence-corrected chi connectivity index (χ1v) is 6.43. The summed E-state index contributed by atoms with van der Waals surface area (Å²) < 4.78 is 0. The van der Waals surface area contributed by atoms with E-state index in [4.69, 9.17) is 5.11 Å². The summed E-state index contributed by atoms with van der Waals surface area (Å²) in [6.07, 6.45) is 0.513. The van der Waals surface area contributed by atoms with Gasteiger partial charge in [0, 0.05) is 37.1 Å². The first kappa shape index (κ1) is 14.2. The van der Waals surface area contributed by atoms with E-state index >= 15 is 0 Å². The zero-order valence-electron chi connectivity index (χ0n) is 11.0. The van der Waals surface area contributed by atoms with Crippen molar-refractivity contribution in [1.82, 2.24) is 4.90 Å². The number of aliphatic hydroxyl groups is 1. The molecule has 106 valence electrons. The molecule has 1 fully saturated rings. The zero-order valence-corrected chi connectivity index (χ0v) is 11.0. The number of imide groups is 1. The number of para-hydroxylation sites is 1. The van der Waals surface area contributed by atoms with E-state index in [-0.39, 0.29) is 50.1 Å². The fraction of sp³-hybridized carbons (Fsp3) is 0.357. The van der Waals surface area contributed by atoms with Crippen LogP contribution in [-0.4, -0.2) is 34.3 Å². The minimum Gasteiger partial charge on any atom is -0.392 e. The van der Waals surface area contributed by atoms with E-state index in [1.165, 1.54) is 0 Å². The van der Waals surface area contributed by atoms with Crippen molar-refractivity contribution in [2.45, 2.75) is 25.9 Å². The van der Waals surface area contributed by atoms with Crippen LogP contribution in [-0.2, 0) is 21.0 Å². The van der Waals surface area contributed by atoms with Crippen LogP contribution < -0.4 is 5.32 Å². The lowest BCUT2D eigenvalue weighted by molar-refractivity contribution is -0.138. The average molecular weight is 276 g/mol. The smallest absolute Gasteiger partial charge is 0.229 e. The summed E-state index contributed by atoms with van der Waals surface area (Å²) in [5.74, 6) is -0.740. The summed E-state index contributed by atoms with van der Waals surface area (Å²) in [6, 6.07) is 6.92. The molecule has 0 spiro atoms. The number of hydrogen-bond acceptors (Lipinski definition) is 4. The topological polar surface area (TPSA) is 86.7 Å². The molecule has 6 nitrogen and oxygen atoms in total. The Kier molecular flexibility index (Phi) is 4.47. The summed E-state index contributed by atoms with van der Waals surface area (Å²) >= 11 is 0. The van der Waals surface area contributed by atoms with Crippen molar-refractivity contribution in [1.29, 1.82) is 0 Å². The Hall–Kier alpha value is -2.21. The van der Waals surface area contributed by atoms with E-state index in [1.807, 2.05) is 0 Å². The van der Waals surface area contributed by atoms with Crippen LogP contribution in [0.5, 0.6) is 0 Å². The lowest BCUT2D eigenvalue weighted by Gasteiger charge is -2.14. The molecule has 0 saturated carbocycles. The van der Waals surface area contributed by atoms with E-state index in [9.17, 15) is 14.4 Å². The largest absolute Gasteiger partial charge is 0.392 e. The molecule has 1 saturated heterocycles. The van der Waals surface area contributed by atoms with Crippen molar-refractivity contribution >= 4 is 23.4 Å². The molecule has 0 atom stereocenters. The van der Waals surface area contributed by atoms with Crippen molar-refractivity contribution in [3.8, 4) is 0 Å². The second-order valence-corrected chi connectivity index (χ2v) is 4.55. The van der Waals surface area contributed by atoms with E-state index in [1.54, 1.807) is 24.3 Å². The summed E-state index contributed by atoms with van der Waals surface area (Å²) in [4.78, 5) is 35.7. The number of rotatable bonds is 5. The molecule has 1 aromatic rings. The van der Waals surface area contributed by atoms with Crippen LogP contribution in [0, 0.1) is 0 Å². The molecule has 2 N–H and O–H groups in total. The quantitative estimate of drug-likeness (QED) is 0.773. The minimum absolute atomic E-state index is 0.0528. The number of amides is 3. The number of hydrogen-bond donors (Lipinski definition) is 2. The fourth-order valence-corrected chi connectivity index (χ4v) is 2.08. The molecule has 20 heavy (non-hydrogen) atoms. The SMILES string of the molecule is O=C(CCN1C(=O)CCC1=O)Nc1ccccc1CO. The number of likely N-dealkylation sites (tertiary alicyclic amines) is 1. The van der Waals surface area contributed by atoms with Gasteiger partial charge in [-0.1, -0.05) is 18.2 Å². The summed E-state index contributed by atoms with van der Waals surface area (Å²) in [6.45, 7) is -0.0651. The van der Waals surface area contributed by atoms with Gasteiger partial charge in [-0.05, 0) is 6.07 Å². The summed E-state index contributed by atoms with van der Waals surface area (Å²) in [5, 5.41) is 11.8. The second kappa shape index (κ2) is 6.29. The third kappa shape index (κ3) is 3.21. The van der Waals surface area contributed by atoms with Gasteiger partial charge in [0.15, 0.2) is 0 Å². The van der Waals surface area contributed by atoms with Gasteiger partial charge in [-0.2, -0.15) is 0 Å². The Bertz CT molecular complexity index is 526. The van der Waals surface area contributed by atoms with Gasteiger partial charge in [-0.15, -0.1) is 0 Å². The number of nitrogens with one attached hydrogen (secondary N) is 1. The van der Waals surface area contributed by atoms with Gasteiger partial charge in [0.2, 0.25) is 17.7 Å². The number of carbonyl (C=O) groups is 3. The molecule has 1 aliphatic rings. The van der Waals surface area contributed by atoms with Crippen molar-refractivity contribution in [3.63, 3.8) is 0 Å². The monoisotopic (exact) mass is 276 g/mol. The van der Waals surface area contributed by atoms with Crippen LogP contribution in [0.1, 0.15) is 24.8 Å². The predicted octanol–water partition coefficient (Wildman–Crippen LogP) is 0.656. The maximum Gasteiger partial charge on any atom is 0.229 e. The Morgan fingerprint density at radius 3 is 2.50 bits per heavy atom. The molecule has 0 unspecified atom stereocenters. The molecule has 3 amide bonds. The van der Waals surface area contributed by atoms with Crippen LogP contribution in [0.3, 0.4) is 0 Å². The standard InChI is InChI=1S/C14H16N2O4/c17-9-10-3-1-2-4-11(10)15-12(18)7-8-16-13(19)5-6-14(16)20/h1-4,17H,5-9H2,(H,15,18). The number of benzene rings is 1. The molecular weight excluding hydrogens is 260 g/mol. The van der Waals surface area contributed by atoms with E-state index in [0.29, 0.717) is 11.3 Å². The average Bonchev–Trinajstić information content (AvgIpc) is 2.76. The van der Waals surface area contributed by atoms with Gasteiger partial charge in [-0.3, -0.25) is 19.3 Å². The van der Waals surface area contributed by atoms with Crippen LogP contribution >= 0.6 is 0 Å². The normalized spacial score (nSPS) is 14.8. The van der Waals surface area contributed by atoms with Crippen molar-refractivity contribution in [3.05, 3.63) is 29.8 Å². The maximum atomic E-state index is 11.8. The summed E-state index contributed by atoms with van der Waals surface area (Å²) in [7, 11) is 0. The molecule has 0 aromatic heterocycles. The van der Waals surface area contributed by atoms with Gasteiger partial charge in [0.1, 0.15) is 0 Å². The lowest BCUT2D eigenvalue weighted by atomic mass is 10.2. The molecule has 6 heteroatoms. The highest BCUT2D eigenvalue weighted by atomic mass is 16.3. The van der Waals surface area contributed by atoms with E-state index in [2.05, 4.69) is 5.32 Å². The first-order valence-electron chi connectivity index (χ1n) is 6.43. The number of anilines is 1. The first-order chi connectivity index (χ1) is 9.61. The minimum atomic E-state index is -0.293. The molecule has 0 radical (unpaired) electrons. The van der Waals surface area contributed by atoms with Gasteiger partial charge in [0.05, 0.1) is 6.61 Å². The molecule has 1 aliphatic heterocycles. The highest BCUT2D eigenvalue weighted by molar-refractivity contribution is 6.02. The molecule has 0 aliphatic carbocycles. The van der Waals surface area contributed by atoms with Crippen LogP contribution in [0.2, 0.25) is 0 Å². The number of aliphatic hydroxyl groups excluding tert-OH is 1. The Labute approximate surface area is 116 Å². The molecule has 1 heterocycles. The molecule has 2 rings (SSSR count). The number of nitrogens with zero attached hydrogens (tertiary/aromatic N) is 1. The Morgan fingerprint density at radius 1 is 1.20 bits per heavy atom. The highest BCUT2D eigenvalue weighted by Gasteiger charge is 2.28. The third-order valence-electron chi connectivity index (χ3n) is 3.18. The van der Waals surface area contributed by atoms with Crippen molar-refractivity contribution in [2.24, 2.45) is 0 Å². The van der Waals surface area contributed by atoms with E-state index < -0.39 is 0 Å². The predicted molar refractivity (Wildman–Crippen MR) is 71.6 cm³/mol. The molecule has 1 aromatic carbocycles.